The molecule has 0 bridgehead atoms. The average molecular weight is 218 g/mol. The number of pyridine rings is 1. The van der Waals surface area contributed by atoms with Crippen LogP contribution in [0.1, 0.15) is 12.5 Å². The molecule has 2 heteroatoms. The Morgan fingerprint density at radius 2 is 1.80 bits per heavy atom. The molecule has 0 aliphatic rings. The summed E-state index contributed by atoms with van der Waals surface area (Å²) in [6.45, 7) is 2.15. The minimum atomic E-state index is 0.673. The van der Waals surface area contributed by atoms with Crippen LogP contribution in [0.25, 0.3) is 11.1 Å². The molecule has 76 valence electrons. The number of nitrogens with zero attached hydrogens (tertiary/aromatic N) is 1. The van der Waals surface area contributed by atoms with Crippen molar-refractivity contribution in [1.29, 1.82) is 0 Å². The van der Waals surface area contributed by atoms with E-state index in [9.17, 15) is 0 Å². The fraction of sp³-hybridized carbons (Fsp3) is 0.154. The summed E-state index contributed by atoms with van der Waals surface area (Å²) < 4.78 is 0. The third-order valence-corrected chi connectivity index (χ3v) is 2.61. The van der Waals surface area contributed by atoms with Crippen molar-refractivity contribution >= 4 is 11.6 Å². The van der Waals surface area contributed by atoms with Crippen LogP contribution in [0.15, 0.2) is 42.7 Å². The molecule has 0 saturated carbocycles. The first-order valence-corrected chi connectivity index (χ1v) is 5.37. The lowest BCUT2D eigenvalue weighted by atomic mass is 10.0. The number of aryl methyl sites for hydroxylation is 1. The van der Waals surface area contributed by atoms with E-state index in [-0.39, 0.29) is 0 Å². The molecule has 1 nitrogen and oxygen atoms in total. The first-order valence-electron chi connectivity index (χ1n) is 4.99. The van der Waals surface area contributed by atoms with Gasteiger partial charge in [-0.3, -0.25) is 4.98 Å². The van der Waals surface area contributed by atoms with Gasteiger partial charge in [0, 0.05) is 18.0 Å². The van der Waals surface area contributed by atoms with E-state index in [0.29, 0.717) is 5.02 Å². The molecule has 0 aliphatic carbocycles. The molecule has 1 aromatic heterocycles. The Balaban J connectivity index is 2.37. The van der Waals surface area contributed by atoms with Gasteiger partial charge in [0.2, 0.25) is 0 Å². The van der Waals surface area contributed by atoms with Crippen LogP contribution in [0.3, 0.4) is 0 Å². The second-order valence-corrected chi connectivity index (χ2v) is 3.88. The van der Waals surface area contributed by atoms with Crippen LogP contribution in [0.4, 0.5) is 0 Å². The van der Waals surface area contributed by atoms with Gasteiger partial charge in [-0.05, 0) is 23.6 Å². The first-order chi connectivity index (χ1) is 7.29. The highest BCUT2D eigenvalue weighted by molar-refractivity contribution is 6.30. The van der Waals surface area contributed by atoms with Gasteiger partial charge in [0.05, 0.1) is 5.02 Å². The van der Waals surface area contributed by atoms with Crippen LogP contribution in [0.2, 0.25) is 5.02 Å². The van der Waals surface area contributed by atoms with Crippen molar-refractivity contribution in [3.63, 3.8) is 0 Å². The number of hydrogen-bond acceptors (Lipinski definition) is 1. The Labute approximate surface area is 94.7 Å². The lowest BCUT2D eigenvalue weighted by Gasteiger charge is -2.02. The average Bonchev–Trinajstić information content (AvgIpc) is 2.29. The molecule has 0 aliphatic heterocycles. The van der Waals surface area contributed by atoms with Crippen molar-refractivity contribution in [2.45, 2.75) is 13.3 Å². The molecule has 0 radical (unpaired) electrons. The first kappa shape index (κ1) is 10.2. The predicted molar refractivity (Wildman–Crippen MR) is 64.1 cm³/mol. The molecule has 15 heavy (non-hydrogen) atoms. The molecule has 0 unspecified atom stereocenters. The lowest BCUT2D eigenvalue weighted by molar-refractivity contribution is 1.14. The molecular formula is C13H12ClN. The molecule has 0 amide bonds. The molecule has 0 saturated heterocycles. The summed E-state index contributed by atoms with van der Waals surface area (Å²) in [7, 11) is 0. The second kappa shape index (κ2) is 4.45. The third kappa shape index (κ3) is 2.37. The zero-order valence-electron chi connectivity index (χ0n) is 8.57. The number of rotatable bonds is 2. The van der Waals surface area contributed by atoms with Gasteiger partial charge >= 0.3 is 0 Å². The van der Waals surface area contributed by atoms with Gasteiger partial charge in [0.15, 0.2) is 0 Å². The summed E-state index contributed by atoms with van der Waals surface area (Å²) in [4.78, 5) is 4.07. The Bertz CT molecular complexity index is 448. The number of aromatic nitrogens is 1. The normalized spacial score (nSPS) is 10.3. The largest absolute Gasteiger partial charge is 0.263 e. The Kier molecular flexibility index (Phi) is 3.02. The molecule has 1 heterocycles. The van der Waals surface area contributed by atoms with Crippen molar-refractivity contribution in [1.82, 2.24) is 4.98 Å². The standard InChI is InChI=1S/C13H12ClN/c1-2-10-3-5-11(6-4-10)12-7-13(14)9-15-8-12/h3-9H,2H2,1H3. The molecule has 0 atom stereocenters. The van der Waals surface area contributed by atoms with Crippen molar-refractivity contribution in [3.05, 3.63) is 53.3 Å². The van der Waals surface area contributed by atoms with E-state index in [1.807, 2.05) is 12.3 Å². The van der Waals surface area contributed by atoms with E-state index in [0.717, 1.165) is 17.5 Å². The highest BCUT2D eigenvalue weighted by Crippen LogP contribution is 2.21. The summed E-state index contributed by atoms with van der Waals surface area (Å²) in [6, 6.07) is 10.4. The van der Waals surface area contributed by atoms with Gasteiger partial charge in [0.1, 0.15) is 0 Å². The number of halogens is 1. The monoisotopic (exact) mass is 217 g/mol. The van der Waals surface area contributed by atoms with Gasteiger partial charge in [-0.2, -0.15) is 0 Å². The summed E-state index contributed by atoms with van der Waals surface area (Å²) in [5.74, 6) is 0. The van der Waals surface area contributed by atoms with Gasteiger partial charge in [-0.15, -0.1) is 0 Å². The van der Waals surface area contributed by atoms with Gasteiger partial charge in [0.25, 0.3) is 0 Å². The highest BCUT2D eigenvalue weighted by atomic mass is 35.5. The minimum absolute atomic E-state index is 0.673. The molecule has 0 N–H and O–H groups in total. The summed E-state index contributed by atoms with van der Waals surface area (Å²) in [6.07, 6.45) is 4.53. The maximum Gasteiger partial charge on any atom is 0.0595 e. The fourth-order valence-electron chi connectivity index (χ4n) is 1.50. The van der Waals surface area contributed by atoms with Gasteiger partial charge < -0.3 is 0 Å². The van der Waals surface area contributed by atoms with Crippen molar-refractivity contribution < 1.29 is 0 Å². The van der Waals surface area contributed by atoms with Crippen molar-refractivity contribution in [3.8, 4) is 11.1 Å². The minimum Gasteiger partial charge on any atom is -0.263 e. The van der Waals surface area contributed by atoms with Crippen LogP contribution >= 0.6 is 11.6 Å². The quantitative estimate of drug-likeness (QED) is 0.742. The summed E-state index contributed by atoms with van der Waals surface area (Å²) in [5, 5.41) is 0.673. The van der Waals surface area contributed by atoms with E-state index >= 15 is 0 Å². The number of hydrogen-bond donors (Lipinski definition) is 0. The van der Waals surface area contributed by atoms with Crippen LogP contribution in [-0.4, -0.2) is 4.98 Å². The van der Waals surface area contributed by atoms with E-state index in [2.05, 4.69) is 36.2 Å². The van der Waals surface area contributed by atoms with Gasteiger partial charge in [-0.25, -0.2) is 0 Å². The summed E-state index contributed by atoms with van der Waals surface area (Å²) in [5.41, 5.74) is 3.56. The Morgan fingerprint density at radius 1 is 1.07 bits per heavy atom. The van der Waals surface area contributed by atoms with E-state index in [4.69, 9.17) is 11.6 Å². The van der Waals surface area contributed by atoms with Crippen LogP contribution in [0.5, 0.6) is 0 Å². The SMILES string of the molecule is CCc1ccc(-c2cncc(Cl)c2)cc1. The van der Waals surface area contributed by atoms with Gasteiger partial charge in [-0.1, -0.05) is 42.8 Å². The topological polar surface area (TPSA) is 12.9 Å². The van der Waals surface area contributed by atoms with E-state index in [1.165, 1.54) is 5.56 Å². The van der Waals surface area contributed by atoms with Crippen molar-refractivity contribution in [2.75, 3.05) is 0 Å². The van der Waals surface area contributed by atoms with Crippen molar-refractivity contribution in [2.24, 2.45) is 0 Å². The second-order valence-electron chi connectivity index (χ2n) is 3.44. The van der Waals surface area contributed by atoms with Crippen LogP contribution in [-0.2, 0) is 6.42 Å². The van der Waals surface area contributed by atoms with Crippen LogP contribution < -0.4 is 0 Å². The third-order valence-electron chi connectivity index (χ3n) is 2.40. The Hall–Kier alpha value is -1.34. The maximum atomic E-state index is 5.89. The molecule has 2 rings (SSSR count). The van der Waals surface area contributed by atoms with E-state index < -0.39 is 0 Å². The molecule has 2 aromatic rings. The molecule has 0 fully saturated rings. The zero-order chi connectivity index (χ0) is 10.7. The predicted octanol–water partition coefficient (Wildman–Crippen LogP) is 3.96. The number of benzene rings is 1. The smallest absolute Gasteiger partial charge is 0.0595 e. The molecule has 0 spiro atoms. The zero-order valence-corrected chi connectivity index (χ0v) is 9.33. The maximum absolute atomic E-state index is 5.89. The van der Waals surface area contributed by atoms with Crippen LogP contribution in [0, 0.1) is 0 Å². The summed E-state index contributed by atoms with van der Waals surface area (Å²) >= 11 is 5.89. The Morgan fingerprint density at radius 3 is 2.40 bits per heavy atom. The lowest BCUT2D eigenvalue weighted by Crippen LogP contribution is -1.82. The fourth-order valence-corrected chi connectivity index (χ4v) is 1.68. The molecule has 1 aromatic carbocycles. The highest BCUT2D eigenvalue weighted by Gasteiger charge is 1.98. The molecular weight excluding hydrogens is 206 g/mol. The van der Waals surface area contributed by atoms with E-state index in [1.54, 1.807) is 6.20 Å².